The van der Waals surface area contributed by atoms with Gasteiger partial charge in [0, 0.05) is 6.42 Å². The molecule has 0 bridgehead atoms. The van der Waals surface area contributed by atoms with Crippen molar-refractivity contribution >= 4 is 5.97 Å². The molecule has 1 atom stereocenters. The van der Waals surface area contributed by atoms with Crippen LogP contribution in [0.3, 0.4) is 0 Å². The predicted octanol–water partition coefficient (Wildman–Crippen LogP) is 2.96. The van der Waals surface area contributed by atoms with E-state index in [2.05, 4.69) is 24.0 Å². The highest BCUT2D eigenvalue weighted by Crippen LogP contribution is 2.25. The average molecular weight is 288 g/mol. The fraction of sp³-hybridized carbons (Fsp3) is 0.438. The second kappa shape index (κ2) is 7.02. The lowest BCUT2D eigenvalue weighted by molar-refractivity contribution is -0.144. The van der Waals surface area contributed by atoms with Crippen molar-refractivity contribution in [2.45, 2.75) is 33.1 Å². The standard InChI is InChI=1S/C16H20N2O3/c1-4-20-16(19)14(12-8-6-5-7-9-12)15-17-13(18-21-15)10-11(2)3/h5-9,11,14H,4,10H2,1-3H3. The molecule has 1 heterocycles. The Labute approximate surface area is 124 Å². The van der Waals surface area contributed by atoms with Crippen LogP contribution in [0.1, 0.15) is 44.0 Å². The molecule has 0 aliphatic heterocycles. The maximum atomic E-state index is 12.2. The van der Waals surface area contributed by atoms with Crippen LogP contribution in [0.25, 0.3) is 0 Å². The fourth-order valence-electron chi connectivity index (χ4n) is 2.08. The minimum Gasteiger partial charge on any atom is -0.465 e. The predicted molar refractivity (Wildman–Crippen MR) is 77.8 cm³/mol. The molecule has 0 radical (unpaired) electrons. The second-order valence-corrected chi connectivity index (χ2v) is 5.24. The number of benzene rings is 1. The van der Waals surface area contributed by atoms with Crippen molar-refractivity contribution < 1.29 is 14.1 Å². The quantitative estimate of drug-likeness (QED) is 0.765. The van der Waals surface area contributed by atoms with Gasteiger partial charge >= 0.3 is 5.97 Å². The van der Waals surface area contributed by atoms with E-state index < -0.39 is 5.92 Å². The molecule has 0 spiro atoms. The number of hydrogen-bond acceptors (Lipinski definition) is 5. The molecule has 0 aliphatic carbocycles. The van der Waals surface area contributed by atoms with Gasteiger partial charge in [-0.3, -0.25) is 4.79 Å². The zero-order chi connectivity index (χ0) is 15.2. The van der Waals surface area contributed by atoms with Crippen molar-refractivity contribution in [3.05, 3.63) is 47.6 Å². The van der Waals surface area contributed by atoms with Gasteiger partial charge in [-0.25, -0.2) is 0 Å². The van der Waals surface area contributed by atoms with Gasteiger partial charge in [-0.1, -0.05) is 49.3 Å². The Balaban J connectivity index is 2.31. The highest BCUT2D eigenvalue weighted by Gasteiger charge is 2.29. The molecule has 5 nitrogen and oxygen atoms in total. The number of carbonyl (C=O) groups excluding carboxylic acids is 1. The van der Waals surface area contributed by atoms with Crippen LogP contribution in [-0.2, 0) is 16.0 Å². The first kappa shape index (κ1) is 15.2. The van der Waals surface area contributed by atoms with Crippen LogP contribution in [-0.4, -0.2) is 22.7 Å². The van der Waals surface area contributed by atoms with E-state index in [0.29, 0.717) is 24.8 Å². The van der Waals surface area contributed by atoms with Crippen LogP contribution >= 0.6 is 0 Å². The van der Waals surface area contributed by atoms with Crippen molar-refractivity contribution in [3.8, 4) is 0 Å². The molecular formula is C16H20N2O3. The molecule has 5 heteroatoms. The van der Waals surface area contributed by atoms with E-state index >= 15 is 0 Å². The van der Waals surface area contributed by atoms with E-state index in [0.717, 1.165) is 5.56 Å². The smallest absolute Gasteiger partial charge is 0.323 e. The number of hydrogen-bond donors (Lipinski definition) is 0. The van der Waals surface area contributed by atoms with Crippen LogP contribution in [0.5, 0.6) is 0 Å². The number of nitrogens with zero attached hydrogens (tertiary/aromatic N) is 2. The summed E-state index contributed by atoms with van der Waals surface area (Å²) in [7, 11) is 0. The number of esters is 1. The lowest BCUT2D eigenvalue weighted by Crippen LogP contribution is -2.17. The van der Waals surface area contributed by atoms with Gasteiger partial charge in [0.05, 0.1) is 6.61 Å². The molecule has 21 heavy (non-hydrogen) atoms. The summed E-state index contributed by atoms with van der Waals surface area (Å²) in [6.45, 7) is 6.25. The van der Waals surface area contributed by atoms with Gasteiger partial charge < -0.3 is 9.26 Å². The molecule has 0 saturated carbocycles. The Kier molecular flexibility index (Phi) is 5.09. The van der Waals surface area contributed by atoms with E-state index in [9.17, 15) is 4.79 Å². The van der Waals surface area contributed by atoms with E-state index in [1.54, 1.807) is 6.92 Å². The van der Waals surface area contributed by atoms with Crippen LogP contribution in [0.4, 0.5) is 0 Å². The van der Waals surface area contributed by atoms with Crippen LogP contribution in [0.15, 0.2) is 34.9 Å². The van der Waals surface area contributed by atoms with Gasteiger partial charge in [0.15, 0.2) is 11.7 Å². The first-order valence-corrected chi connectivity index (χ1v) is 7.15. The Morgan fingerprint density at radius 2 is 2.00 bits per heavy atom. The number of aromatic nitrogens is 2. The summed E-state index contributed by atoms with van der Waals surface area (Å²) in [5.41, 5.74) is 0.788. The molecule has 2 aromatic rings. The molecule has 0 amide bonds. The summed E-state index contributed by atoms with van der Waals surface area (Å²) >= 11 is 0. The van der Waals surface area contributed by atoms with Crippen molar-refractivity contribution in [1.29, 1.82) is 0 Å². The summed E-state index contributed by atoms with van der Waals surface area (Å²) in [6, 6.07) is 9.34. The monoisotopic (exact) mass is 288 g/mol. The van der Waals surface area contributed by atoms with E-state index in [-0.39, 0.29) is 11.9 Å². The molecule has 1 unspecified atom stereocenters. The van der Waals surface area contributed by atoms with Gasteiger partial charge in [0.25, 0.3) is 0 Å². The van der Waals surface area contributed by atoms with Gasteiger partial charge in [0.1, 0.15) is 0 Å². The highest BCUT2D eigenvalue weighted by atomic mass is 16.5. The highest BCUT2D eigenvalue weighted by molar-refractivity contribution is 5.80. The molecule has 0 aliphatic rings. The minimum absolute atomic E-state index is 0.287. The largest absolute Gasteiger partial charge is 0.465 e. The van der Waals surface area contributed by atoms with Crippen LogP contribution < -0.4 is 0 Å². The number of carbonyl (C=O) groups is 1. The molecule has 0 fully saturated rings. The minimum atomic E-state index is -0.667. The maximum absolute atomic E-state index is 12.2. The van der Waals surface area contributed by atoms with Crippen molar-refractivity contribution in [1.82, 2.24) is 10.1 Å². The Hall–Kier alpha value is -2.17. The maximum Gasteiger partial charge on any atom is 0.323 e. The SMILES string of the molecule is CCOC(=O)C(c1ccccc1)c1nc(CC(C)C)no1. The molecule has 1 aromatic carbocycles. The Bertz CT molecular complexity index is 578. The van der Waals surface area contributed by atoms with Crippen molar-refractivity contribution in [3.63, 3.8) is 0 Å². The third kappa shape index (κ3) is 3.90. The summed E-state index contributed by atoms with van der Waals surface area (Å²) < 4.78 is 10.4. The van der Waals surface area contributed by atoms with E-state index in [1.807, 2.05) is 30.3 Å². The zero-order valence-corrected chi connectivity index (χ0v) is 12.6. The van der Waals surface area contributed by atoms with E-state index in [4.69, 9.17) is 9.26 Å². The van der Waals surface area contributed by atoms with Gasteiger partial charge in [-0.2, -0.15) is 4.98 Å². The molecule has 0 N–H and O–H groups in total. The third-order valence-electron chi connectivity index (χ3n) is 2.98. The van der Waals surface area contributed by atoms with Gasteiger partial charge in [0.2, 0.25) is 5.89 Å². The average Bonchev–Trinajstić information content (AvgIpc) is 2.88. The molecular weight excluding hydrogens is 268 g/mol. The van der Waals surface area contributed by atoms with Crippen LogP contribution in [0.2, 0.25) is 0 Å². The zero-order valence-electron chi connectivity index (χ0n) is 12.6. The first-order chi connectivity index (χ1) is 10.1. The Morgan fingerprint density at radius 1 is 1.29 bits per heavy atom. The summed E-state index contributed by atoms with van der Waals surface area (Å²) in [6.07, 6.45) is 0.716. The molecule has 0 saturated heterocycles. The topological polar surface area (TPSA) is 65.2 Å². The Morgan fingerprint density at radius 3 is 2.62 bits per heavy atom. The lowest BCUT2D eigenvalue weighted by atomic mass is 9.99. The van der Waals surface area contributed by atoms with Crippen molar-refractivity contribution in [2.75, 3.05) is 6.61 Å². The fourth-order valence-corrected chi connectivity index (χ4v) is 2.08. The van der Waals surface area contributed by atoms with E-state index in [1.165, 1.54) is 0 Å². The number of rotatable bonds is 6. The third-order valence-corrected chi connectivity index (χ3v) is 2.98. The normalized spacial score (nSPS) is 12.4. The number of ether oxygens (including phenoxy) is 1. The summed E-state index contributed by atoms with van der Waals surface area (Å²) in [5, 5.41) is 3.95. The lowest BCUT2D eigenvalue weighted by Gasteiger charge is -2.11. The van der Waals surface area contributed by atoms with Gasteiger partial charge in [-0.05, 0) is 18.4 Å². The molecule has 2 rings (SSSR count). The van der Waals surface area contributed by atoms with Crippen LogP contribution in [0, 0.1) is 5.92 Å². The summed E-state index contributed by atoms with van der Waals surface area (Å²) in [5.74, 6) is 0.289. The molecule has 1 aromatic heterocycles. The first-order valence-electron chi connectivity index (χ1n) is 7.15. The summed E-state index contributed by atoms with van der Waals surface area (Å²) in [4.78, 5) is 16.6. The second-order valence-electron chi connectivity index (χ2n) is 5.24. The van der Waals surface area contributed by atoms with Crippen molar-refractivity contribution in [2.24, 2.45) is 5.92 Å². The van der Waals surface area contributed by atoms with Gasteiger partial charge in [-0.15, -0.1) is 0 Å². The molecule has 112 valence electrons.